The third kappa shape index (κ3) is 3.96. The first-order chi connectivity index (χ1) is 10.6. The first kappa shape index (κ1) is 20.2. The number of rotatable bonds is 3. The van der Waals surface area contributed by atoms with Crippen LogP contribution in [0.15, 0.2) is 18.2 Å². The van der Waals surface area contributed by atoms with Crippen molar-refractivity contribution in [1.29, 1.82) is 0 Å². The van der Waals surface area contributed by atoms with E-state index in [0.717, 1.165) is 6.07 Å². The number of alkyl halides is 3. The molecule has 0 bridgehead atoms. The van der Waals surface area contributed by atoms with Gasteiger partial charge in [0.25, 0.3) is 11.6 Å². The average Bonchev–Trinajstić information content (AvgIpc) is 2.88. The Labute approximate surface area is 142 Å². The van der Waals surface area contributed by atoms with Crippen molar-refractivity contribution in [3.8, 4) is 0 Å². The molecule has 24 heavy (non-hydrogen) atoms. The highest BCUT2D eigenvalue weighted by molar-refractivity contribution is 5.98. The standard InChI is InChI=1S/C14H16F3N3O3.ClH/c1-13(7-18)4-5-19(8-13)12(21)10-3-2-9(14(15,16)17)6-11(10)20(22)23;/h2-3,6H,4-5,7-8,18H2,1H3;1H. The molecule has 10 heteroatoms. The lowest BCUT2D eigenvalue weighted by Gasteiger charge is -2.22. The first-order valence-electron chi connectivity index (χ1n) is 6.92. The van der Waals surface area contributed by atoms with Crippen LogP contribution in [-0.2, 0) is 6.18 Å². The molecule has 1 aliphatic heterocycles. The van der Waals surface area contributed by atoms with Crippen molar-refractivity contribution >= 4 is 24.0 Å². The van der Waals surface area contributed by atoms with Gasteiger partial charge in [0.2, 0.25) is 0 Å². The molecule has 2 rings (SSSR count). The number of likely N-dealkylation sites (tertiary alicyclic amines) is 1. The Morgan fingerprint density at radius 1 is 1.46 bits per heavy atom. The molecule has 0 saturated carbocycles. The molecule has 134 valence electrons. The van der Waals surface area contributed by atoms with Crippen LogP contribution in [0.4, 0.5) is 18.9 Å². The number of nitrogens with two attached hydrogens (primary N) is 1. The summed E-state index contributed by atoms with van der Waals surface area (Å²) in [5, 5.41) is 11.1. The number of benzene rings is 1. The summed E-state index contributed by atoms with van der Waals surface area (Å²) in [5.41, 5.74) is 3.02. The van der Waals surface area contributed by atoms with Gasteiger partial charge in [-0.25, -0.2) is 0 Å². The van der Waals surface area contributed by atoms with Gasteiger partial charge in [0.05, 0.1) is 10.5 Å². The summed E-state index contributed by atoms with van der Waals surface area (Å²) < 4.78 is 38.0. The van der Waals surface area contributed by atoms with E-state index in [-0.39, 0.29) is 23.4 Å². The molecule has 1 unspecified atom stereocenters. The minimum atomic E-state index is -4.71. The summed E-state index contributed by atoms with van der Waals surface area (Å²) >= 11 is 0. The second-order valence-electron chi connectivity index (χ2n) is 5.98. The number of hydrogen-bond acceptors (Lipinski definition) is 4. The highest BCUT2D eigenvalue weighted by atomic mass is 35.5. The molecule has 6 nitrogen and oxygen atoms in total. The van der Waals surface area contributed by atoms with Crippen molar-refractivity contribution in [1.82, 2.24) is 4.90 Å². The van der Waals surface area contributed by atoms with Crippen LogP contribution in [-0.4, -0.2) is 35.4 Å². The van der Waals surface area contributed by atoms with Crippen LogP contribution < -0.4 is 5.73 Å². The zero-order chi connectivity index (χ0) is 17.4. The molecular weight excluding hydrogens is 351 g/mol. The normalized spacial score (nSPS) is 20.6. The lowest BCUT2D eigenvalue weighted by Crippen LogP contribution is -2.34. The van der Waals surface area contributed by atoms with E-state index in [1.54, 1.807) is 0 Å². The molecule has 0 spiro atoms. The maximum atomic E-state index is 12.7. The van der Waals surface area contributed by atoms with Gasteiger partial charge in [-0.2, -0.15) is 13.2 Å². The second kappa shape index (κ2) is 6.94. The molecule has 1 saturated heterocycles. The summed E-state index contributed by atoms with van der Waals surface area (Å²) in [6.07, 6.45) is -4.07. The van der Waals surface area contributed by atoms with Crippen molar-refractivity contribution in [2.45, 2.75) is 19.5 Å². The van der Waals surface area contributed by atoms with E-state index in [2.05, 4.69) is 0 Å². The topological polar surface area (TPSA) is 89.5 Å². The highest BCUT2D eigenvalue weighted by Gasteiger charge is 2.38. The van der Waals surface area contributed by atoms with Crippen LogP contribution in [0, 0.1) is 15.5 Å². The lowest BCUT2D eigenvalue weighted by atomic mass is 9.90. The summed E-state index contributed by atoms with van der Waals surface area (Å²) in [7, 11) is 0. The maximum absolute atomic E-state index is 12.7. The number of nitrogens with zero attached hydrogens (tertiary/aromatic N) is 2. The Morgan fingerprint density at radius 3 is 2.54 bits per heavy atom. The van der Waals surface area contributed by atoms with Crippen molar-refractivity contribution in [2.75, 3.05) is 19.6 Å². The minimum absolute atomic E-state index is 0. The summed E-state index contributed by atoms with van der Waals surface area (Å²) in [4.78, 5) is 23.9. The smallest absolute Gasteiger partial charge is 0.338 e. The van der Waals surface area contributed by atoms with E-state index in [1.165, 1.54) is 4.90 Å². The molecule has 0 aliphatic carbocycles. The van der Waals surface area contributed by atoms with Gasteiger partial charge >= 0.3 is 6.18 Å². The molecule has 1 amide bonds. The maximum Gasteiger partial charge on any atom is 0.416 e. The predicted octanol–water partition coefficient (Wildman–Crippen LogP) is 2.85. The van der Waals surface area contributed by atoms with E-state index in [1.807, 2.05) is 6.92 Å². The Kier molecular flexibility index (Phi) is 5.83. The highest BCUT2D eigenvalue weighted by Crippen LogP contribution is 2.35. The van der Waals surface area contributed by atoms with Crippen molar-refractivity contribution in [3.63, 3.8) is 0 Å². The number of carbonyl (C=O) groups excluding carboxylic acids is 1. The molecule has 1 fully saturated rings. The van der Waals surface area contributed by atoms with E-state index >= 15 is 0 Å². The summed E-state index contributed by atoms with van der Waals surface area (Å²) in [6, 6.07) is 1.94. The van der Waals surface area contributed by atoms with Crippen LogP contribution in [0.2, 0.25) is 0 Å². The fourth-order valence-corrected chi connectivity index (χ4v) is 2.57. The summed E-state index contributed by atoms with van der Waals surface area (Å²) in [6.45, 7) is 2.93. The molecule has 1 aromatic carbocycles. The Balaban J connectivity index is 0.00000288. The molecule has 1 atom stereocenters. The number of carbonyl (C=O) groups is 1. The largest absolute Gasteiger partial charge is 0.416 e. The lowest BCUT2D eigenvalue weighted by molar-refractivity contribution is -0.385. The van der Waals surface area contributed by atoms with Crippen LogP contribution in [0.25, 0.3) is 0 Å². The zero-order valence-electron chi connectivity index (χ0n) is 12.8. The van der Waals surface area contributed by atoms with E-state index in [4.69, 9.17) is 5.73 Å². The molecule has 0 aromatic heterocycles. The Bertz CT molecular complexity index is 654. The molecule has 0 radical (unpaired) electrons. The fraction of sp³-hybridized carbons (Fsp3) is 0.500. The Hall–Kier alpha value is -1.87. The monoisotopic (exact) mass is 367 g/mol. The van der Waals surface area contributed by atoms with E-state index in [0.29, 0.717) is 38.2 Å². The van der Waals surface area contributed by atoms with E-state index < -0.39 is 28.3 Å². The number of hydrogen-bond donors (Lipinski definition) is 1. The average molecular weight is 368 g/mol. The molecule has 1 aromatic rings. The fourth-order valence-electron chi connectivity index (χ4n) is 2.57. The van der Waals surface area contributed by atoms with Crippen molar-refractivity contribution in [3.05, 3.63) is 39.4 Å². The van der Waals surface area contributed by atoms with Gasteiger partial charge in [-0.15, -0.1) is 12.4 Å². The minimum Gasteiger partial charge on any atom is -0.338 e. The van der Waals surface area contributed by atoms with Gasteiger partial charge in [-0.1, -0.05) is 6.92 Å². The van der Waals surface area contributed by atoms with Gasteiger partial charge in [-0.05, 0) is 30.5 Å². The van der Waals surface area contributed by atoms with Crippen LogP contribution in [0.1, 0.15) is 29.3 Å². The third-order valence-corrected chi connectivity index (χ3v) is 4.09. The molecule has 2 N–H and O–H groups in total. The third-order valence-electron chi connectivity index (χ3n) is 4.09. The Morgan fingerprint density at radius 2 is 2.08 bits per heavy atom. The molecule has 1 heterocycles. The number of nitro groups is 1. The predicted molar refractivity (Wildman–Crippen MR) is 83.0 cm³/mol. The van der Waals surface area contributed by atoms with E-state index in [9.17, 15) is 28.1 Å². The van der Waals surface area contributed by atoms with Gasteiger partial charge in [0, 0.05) is 19.2 Å². The van der Waals surface area contributed by atoms with Gasteiger partial charge in [0.1, 0.15) is 5.56 Å². The molecule has 1 aliphatic rings. The second-order valence-corrected chi connectivity index (χ2v) is 5.98. The van der Waals surface area contributed by atoms with Gasteiger partial charge in [-0.3, -0.25) is 14.9 Å². The molecular formula is C14H17ClF3N3O3. The quantitative estimate of drug-likeness (QED) is 0.657. The van der Waals surface area contributed by atoms with Crippen LogP contribution in [0.5, 0.6) is 0 Å². The summed E-state index contributed by atoms with van der Waals surface area (Å²) in [5.74, 6) is -0.650. The first-order valence-corrected chi connectivity index (χ1v) is 6.92. The van der Waals surface area contributed by atoms with Crippen LogP contribution in [0.3, 0.4) is 0 Å². The van der Waals surface area contributed by atoms with Crippen molar-refractivity contribution < 1.29 is 22.9 Å². The van der Waals surface area contributed by atoms with Gasteiger partial charge in [0.15, 0.2) is 0 Å². The number of amides is 1. The van der Waals surface area contributed by atoms with Crippen LogP contribution >= 0.6 is 12.4 Å². The number of halogens is 4. The number of nitro benzene ring substituents is 1. The SMILES string of the molecule is CC1(CN)CCN(C(=O)c2ccc(C(F)(F)F)cc2[N+](=O)[O-])C1.Cl. The zero-order valence-corrected chi connectivity index (χ0v) is 13.6. The van der Waals surface area contributed by atoms with Gasteiger partial charge < -0.3 is 10.6 Å². The van der Waals surface area contributed by atoms with Crippen molar-refractivity contribution in [2.24, 2.45) is 11.1 Å².